The first-order valence-electron chi connectivity index (χ1n) is 8.24. The minimum absolute atomic E-state index is 0.129. The highest BCUT2D eigenvalue weighted by atomic mass is 35.5. The molecule has 0 radical (unpaired) electrons. The van der Waals surface area contributed by atoms with Gasteiger partial charge in [0.2, 0.25) is 0 Å². The Bertz CT molecular complexity index is 1040. The smallest absolute Gasteiger partial charge is 0.258 e. The number of halogens is 1. The summed E-state index contributed by atoms with van der Waals surface area (Å²) in [4.78, 5) is 25.2. The molecule has 0 aliphatic heterocycles. The van der Waals surface area contributed by atoms with Gasteiger partial charge in [-0.15, -0.1) is 0 Å². The zero-order valence-corrected chi connectivity index (χ0v) is 15.2. The molecule has 0 saturated heterocycles. The lowest BCUT2D eigenvalue weighted by molar-refractivity contribution is 0.102. The van der Waals surface area contributed by atoms with Crippen molar-refractivity contribution in [2.75, 3.05) is 11.9 Å². The van der Waals surface area contributed by atoms with Crippen molar-refractivity contribution < 1.29 is 9.90 Å². The number of aryl methyl sites for hydroxylation is 1. The molecule has 1 amide bonds. The van der Waals surface area contributed by atoms with E-state index in [0.717, 1.165) is 5.56 Å². The number of pyridine rings is 1. The molecule has 2 aromatic carbocycles. The Morgan fingerprint density at radius 1 is 1.23 bits per heavy atom. The predicted molar refractivity (Wildman–Crippen MR) is 104 cm³/mol. The summed E-state index contributed by atoms with van der Waals surface area (Å²) in [5.41, 5.74) is 1.68. The zero-order chi connectivity index (χ0) is 18.8. The number of aliphatic hydroxyl groups excluding tert-OH is 1. The van der Waals surface area contributed by atoms with Gasteiger partial charge in [-0.1, -0.05) is 23.7 Å². The third kappa shape index (κ3) is 3.36. The molecule has 134 valence electrons. The van der Waals surface area contributed by atoms with Crippen LogP contribution in [0.25, 0.3) is 10.8 Å². The van der Waals surface area contributed by atoms with Crippen LogP contribution in [0.2, 0.25) is 5.02 Å². The van der Waals surface area contributed by atoms with Crippen molar-refractivity contribution in [2.45, 2.75) is 19.9 Å². The van der Waals surface area contributed by atoms with Crippen molar-refractivity contribution in [2.24, 2.45) is 0 Å². The summed E-state index contributed by atoms with van der Waals surface area (Å²) in [6.45, 7) is 3.50. The minimum Gasteiger partial charge on any atom is -0.394 e. The number of benzene rings is 2. The van der Waals surface area contributed by atoms with Gasteiger partial charge in [-0.25, -0.2) is 0 Å². The second kappa shape index (κ2) is 7.32. The molecule has 1 aromatic heterocycles. The van der Waals surface area contributed by atoms with E-state index in [-0.39, 0.29) is 24.1 Å². The molecule has 1 atom stereocenters. The van der Waals surface area contributed by atoms with Crippen molar-refractivity contribution >= 4 is 34.0 Å². The van der Waals surface area contributed by atoms with Gasteiger partial charge >= 0.3 is 0 Å². The van der Waals surface area contributed by atoms with E-state index in [1.165, 1.54) is 4.57 Å². The topological polar surface area (TPSA) is 71.3 Å². The average Bonchev–Trinajstić information content (AvgIpc) is 2.64. The Kier molecular flexibility index (Phi) is 5.11. The molecule has 0 fully saturated rings. The maximum Gasteiger partial charge on any atom is 0.258 e. The molecule has 2 N–H and O–H groups in total. The Morgan fingerprint density at radius 3 is 2.69 bits per heavy atom. The van der Waals surface area contributed by atoms with E-state index in [9.17, 15) is 14.7 Å². The molecule has 0 bridgehead atoms. The molecule has 26 heavy (non-hydrogen) atoms. The summed E-state index contributed by atoms with van der Waals surface area (Å²) in [6.07, 6.45) is 1.63. The first-order valence-corrected chi connectivity index (χ1v) is 8.62. The number of hydrogen-bond acceptors (Lipinski definition) is 3. The second-order valence-corrected chi connectivity index (χ2v) is 6.65. The fourth-order valence-electron chi connectivity index (χ4n) is 2.77. The van der Waals surface area contributed by atoms with Crippen LogP contribution in [0.3, 0.4) is 0 Å². The highest BCUT2D eigenvalue weighted by Gasteiger charge is 2.13. The number of nitrogens with zero attached hydrogens (tertiary/aromatic N) is 1. The standard InChI is InChI=1S/C20H19ClN2O3/c1-12-6-7-14(10-17(12)21)19(25)22-18-5-3-4-16-15(18)8-9-23(20(16)26)13(2)11-24/h3-10,13,24H,11H2,1-2H3,(H,22,25). The molecule has 3 aromatic rings. The van der Waals surface area contributed by atoms with E-state index >= 15 is 0 Å². The Balaban J connectivity index is 2.00. The number of amides is 1. The number of carbonyl (C=O) groups is 1. The maximum absolute atomic E-state index is 12.6. The van der Waals surface area contributed by atoms with Crippen molar-refractivity contribution in [3.8, 4) is 0 Å². The van der Waals surface area contributed by atoms with Crippen LogP contribution < -0.4 is 10.9 Å². The van der Waals surface area contributed by atoms with Crippen LogP contribution in [0.4, 0.5) is 5.69 Å². The summed E-state index contributed by atoms with van der Waals surface area (Å²) < 4.78 is 1.48. The zero-order valence-electron chi connectivity index (χ0n) is 14.5. The van der Waals surface area contributed by atoms with Crippen LogP contribution in [0.1, 0.15) is 28.9 Å². The summed E-state index contributed by atoms with van der Waals surface area (Å²) in [7, 11) is 0. The molecular weight excluding hydrogens is 352 g/mol. The number of aromatic nitrogens is 1. The average molecular weight is 371 g/mol. The third-order valence-electron chi connectivity index (χ3n) is 4.39. The number of nitrogens with one attached hydrogen (secondary N) is 1. The predicted octanol–water partition coefficient (Wildman–Crippen LogP) is 3.77. The molecule has 1 heterocycles. The van der Waals surface area contributed by atoms with Gasteiger partial charge in [0.15, 0.2) is 0 Å². The highest BCUT2D eigenvalue weighted by Crippen LogP contribution is 2.23. The largest absolute Gasteiger partial charge is 0.394 e. The van der Waals surface area contributed by atoms with Crippen molar-refractivity contribution in [3.63, 3.8) is 0 Å². The first kappa shape index (κ1) is 18.2. The molecule has 6 heteroatoms. The quantitative estimate of drug-likeness (QED) is 0.734. The number of anilines is 1. The van der Waals surface area contributed by atoms with Gasteiger partial charge in [0.1, 0.15) is 0 Å². The van der Waals surface area contributed by atoms with Crippen LogP contribution in [-0.2, 0) is 0 Å². The van der Waals surface area contributed by atoms with Gasteiger partial charge in [-0.2, -0.15) is 0 Å². The fraction of sp³-hybridized carbons (Fsp3) is 0.200. The molecule has 5 nitrogen and oxygen atoms in total. The number of aliphatic hydroxyl groups is 1. The van der Waals surface area contributed by atoms with E-state index in [4.69, 9.17) is 11.6 Å². The van der Waals surface area contributed by atoms with Gasteiger partial charge in [-0.3, -0.25) is 9.59 Å². The van der Waals surface area contributed by atoms with E-state index in [0.29, 0.717) is 27.0 Å². The summed E-state index contributed by atoms with van der Waals surface area (Å²) in [5, 5.41) is 13.8. The van der Waals surface area contributed by atoms with E-state index < -0.39 is 0 Å². The Hall–Kier alpha value is -2.63. The minimum atomic E-state index is -0.320. The van der Waals surface area contributed by atoms with E-state index in [1.54, 1.807) is 55.6 Å². The summed E-state index contributed by atoms with van der Waals surface area (Å²) >= 11 is 6.09. The lowest BCUT2D eigenvalue weighted by Gasteiger charge is -2.14. The lowest BCUT2D eigenvalue weighted by Crippen LogP contribution is -2.25. The van der Waals surface area contributed by atoms with Crippen LogP contribution >= 0.6 is 11.6 Å². The van der Waals surface area contributed by atoms with Crippen LogP contribution in [0.15, 0.2) is 53.5 Å². The SMILES string of the molecule is Cc1ccc(C(=O)Nc2cccc3c(=O)n(C(C)CO)ccc23)cc1Cl. The Morgan fingerprint density at radius 2 is 2.00 bits per heavy atom. The van der Waals surface area contributed by atoms with Gasteiger partial charge < -0.3 is 15.0 Å². The summed E-state index contributed by atoms with van der Waals surface area (Å²) in [6, 6.07) is 11.7. The van der Waals surface area contributed by atoms with Gasteiger partial charge in [0.05, 0.1) is 12.6 Å². The summed E-state index contributed by atoms with van der Waals surface area (Å²) in [5.74, 6) is -0.299. The molecule has 0 aliphatic rings. The molecular formula is C20H19ClN2O3. The number of carbonyl (C=O) groups excluding carboxylic acids is 1. The van der Waals surface area contributed by atoms with Crippen LogP contribution in [0, 0.1) is 6.92 Å². The van der Waals surface area contributed by atoms with Crippen molar-refractivity contribution in [1.82, 2.24) is 4.57 Å². The van der Waals surface area contributed by atoms with Crippen LogP contribution in [-0.4, -0.2) is 22.2 Å². The number of rotatable bonds is 4. The van der Waals surface area contributed by atoms with Crippen molar-refractivity contribution in [3.05, 3.63) is 75.2 Å². The first-order chi connectivity index (χ1) is 12.4. The third-order valence-corrected chi connectivity index (χ3v) is 4.80. The normalized spacial score (nSPS) is 12.2. The number of fused-ring (bicyclic) bond motifs is 1. The number of hydrogen-bond donors (Lipinski definition) is 2. The van der Waals surface area contributed by atoms with Crippen molar-refractivity contribution in [1.29, 1.82) is 0 Å². The molecule has 0 spiro atoms. The van der Waals surface area contributed by atoms with Gasteiger partial charge in [-0.05, 0) is 49.7 Å². The lowest BCUT2D eigenvalue weighted by atomic mass is 10.1. The van der Waals surface area contributed by atoms with Gasteiger partial charge in [0.25, 0.3) is 11.5 Å². The maximum atomic E-state index is 12.6. The second-order valence-electron chi connectivity index (χ2n) is 6.24. The van der Waals surface area contributed by atoms with E-state index in [2.05, 4.69) is 5.32 Å². The molecule has 0 saturated carbocycles. The van der Waals surface area contributed by atoms with Crippen LogP contribution in [0.5, 0.6) is 0 Å². The fourth-order valence-corrected chi connectivity index (χ4v) is 2.95. The molecule has 3 rings (SSSR count). The Labute approximate surface area is 155 Å². The van der Waals surface area contributed by atoms with E-state index in [1.807, 2.05) is 6.92 Å². The monoisotopic (exact) mass is 370 g/mol. The highest BCUT2D eigenvalue weighted by molar-refractivity contribution is 6.31. The molecule has 0 aliphatic carbocycles. The van der Waals surface area contributed by atoms with Gasteiger partial charge in [0, 0.05) is 33.2 Å². The molecule has 1 unspecified atom stereocenters.